The van der Waals surface area contributed by atoms with Crippen LogP contribution in [-0.2, 0) is 4.74 Å². The molecule has 1 unspecified atom stereocenters. The molecule has 3 heteroatoms. The van der Waals surface area contributed by atoms with Gasteiger partial charge in [0.05, 0.1) is 13.7 Å². The summed E-state index contributed by atoms with van der Waals surface area (Å²) in [6.07, 6.45) is 6.03. The van der Waals surface area contributed by atoms with Crippen LogP contribution in [0.3, 0.4) is 0 Å². The van der Waals surface area contributed by atoms with Crippen molar-refractivity contribution >= 4 is 6.08 Å². The first-order valence-corrected chi connectivity index (χ1v) is 5.52. The highest BCUT2D eigenvalue weighted by atomic mass is 16.7. The highest BCUT2D eigenvalue weighted by molar-refractivity contribution is 5.62. The Bertz CT molecular complexity index is 431. The monoisotopic (exact) mass is 218 g/mol. The van der Waals surface area contributed by atoms with E-state index in [1.165, 1.54) is 0 Å². The summed E-state index contributed by atoms with van der Waals surface area (Å²) in [6.45, 7) is 0.768. The fraction of sp³-hybridized carbons (Fsp3) is 0.385. The van der Waals surface area contributed by atoms with E-state index in [2.05, 4.69) is 6.08 Å². The van der Waals surface area contributed by atoms with Crippen molar-refractivity contribution in [1.82, 2.24) is 0 Å². The third-order valence-electron chi connectivity index (χ3n) is 3.04. The second-order valence-electron chi connectivity index (χ2n) is 4.10. The van der Waals surface area contributed by atoms with Crippen molar-refractivity contribution in [1.29, 1.82) is 0 Å². The first-order valence-electron chi connectivity index (χ1n) is 5.52. The predicted octanol–water partition coefficient (Wildman–Crippen LogP) is 2.61. The highest BCUT2D eigenvalue weighted by Crippen LogP contribution is 2.38. The van der Waals surface area contributed by atoms with Crippen molar-refractivity contribution in [3.63, 3.8) is 0 Å². The van der Waals surface area contributed by atoms with Crippen LogP contribution in [0.15, 0.2) is 24.3 Å². The van der Waals surface area contributed by atoms with Gasteiger partial charge in [-0.3, -0.25) is 0 Å². The van der Waals surface area contributed by atoms with E-state index in [-0.39, 0.29) is 0 Å². The Hall–Kier alpha value is -1.48. The summed E-state index contributed by atoms with van der Waals surface area (Å²) < 4.78 is 16.8. The molecule has 1 atom stereocenters. The normalized spacial score (nSPS) is 26.6. The molecule has 0 aromatic heterocycles. The van der Waals surface area contributed by atoms with E-state index in [1.54, 1.807) is 7.11 Å². The molecular formula is C13H14O3. The van der Waals surface area contributed by atoms with Crippen LogP contribution < -0.4 is 9.47 Å². The fourth-order valence-corrected chi connectivity index (χ4v) is 2.15. The average Bonchev–Trinajstić information content (AvgIpc) is 2.76. The topological polar surface area (TPSA) is 27.7 Å². The van der Waals surface area contributed by atoms with E-state index in [4.69, 9.17) is 14.2 Å². The molecule has 0 aliphatic carbocycles. The smallest absolute Gasteiger partial charge is 0.230 e. The molecule has 1 saturated heterocycles. The number of ether oxygens (including phenoxy) is 3. The van der Waals surface area contributed by atoms with Gasteiger partial charge in [-0.05, 0) is 30.7 Å². The van der Waals surface area contributed by atoms with Gasteiger partial charge in [0, 0.05) is 18.1 Å². The van der Waals surface area contributed by atoms with Gasteiger partial charge in [-0.2, -0.15) is 0 Å². The van der Waals surface area contributed by atoms with Crippen LogP contribution in [0.2, 0.25) is 0 Å². The largest absolute Gasteiger partial charge is 0.497 e. The van der Waals surface area contributed by atoms with Gasteiger partial charge in [0.25, 0.3) is 0 Å². The molecule has 1 aromatic rings. The van der Waals surface area contributed by atoms with Crippen LogP contribution in [0.1, 0.15) is 18.4 Å². The number of hydrogen-bond acceptors (Lipinski definition) is 3. The van der Waals surface area contributed by atoms with Gasteiger partial charge in [0.15, 0.2) is 0 Å². The Kier molecular flexibility index (Phi) is 2.14. The second kappa shape index (κ2) is 3.52. The molecule has 0 amide bonds. The Morgan fingerprint density at radius 3 is 3.06 bits per heavy atom. The van der Waals surface area contributed by atoms with Gasteiger partial charge in [-0.1, -0.05) is 0 Å². The number of hydrogen-bond donors (Lipinski definition) is 0. The summed E-state index contributed by atoms with van der Waals surface area (Å²) in [5.74, 6) is 1.12. The Labute approximate surface area is 94.6 Å². The zero-order valence-electron chi connectivity index (χ0n) is 9.23. The molecule has 2 aliphatic heterocycles. The predicted molar refractivity (Wildman–Crippen MR) is 60.6 cm³/mol. The van der Waals surface area contributed by atoms with Crippen molar-refractivity contribution in [2.45, 2.75) is 18.6 Å². The molecule has 3 rings (SSSR count). The van der Waals surface area contributed by atoms with Gasteiger partial charge >= 0.3 is 0 Å². The second-order valence-corrected chi connectivity index (χ2v) is 4.10. The lowest BCUT2D eigenvalue weighted by molar-refractivity contribution is -0.111. The van der Waals surface area contributed by atoms with Crippen LogP contribution in [-0.4, -0.2) is 19.5 Å². The van der Waals surface area contributed by atoms with Crippen LogP contribution in [0.4, 0.5) is 0 Å². The first kappa shape index (κ1) is 9.73. The number of benzene rings is 1. The maximum absolute atomic E-state index is 5.93. The summed E-state index contributed by atoms with van der Waals surface area (Å²) in [4.78, 5) is 0. The number of rotatable bonds is 1. The Morgan fingerprint density at radius 2 is 2.31 bits per heavy atom. The maximum Gasteiger partial charge on any atom is 0.230 e. The van der Waals surface area contributed by atoms with Crippen LogP contribution in [0.5, 0.6) is 11.5 Å². The average molecular weight is 218 g/mol. The van der Waals surface area contributed by atoms with E-state index in [9.17, 15) is 0 Å². The summed E-state index contributed by atoms with van der Waals surface area (Å²) >= 11 is 0. The minimum absolute atomic E-state index is 0.528. The van der Waals surface area contributed by atoms with Crippen LogP contribution in [0.25, 0.3) is 6.08 Å². The molecule has 2 aliphatic rings. The molecule has 2 heterocycles. The SMILES string of the molecule is COc1ccc2c(c1)OC1(C=C2)CCCO1. The van der Waals surface area contributed by atoms with Gasteiger partial charge in [0.2, 0.25) is 5.79 Å². The van der Waals surface area contributed by atoms with Gasteiger partial charge in [0.1, 0.15) is 11.5 Å². The van der Waals surface area contributed by atoms with Crippen LogP contribution in [0, 0.1) is 0 Å². The maximum atomic E-state index is 5.93. The standard InChI is InChI=1S/C13H14O3/c1-14-11-4-3-10-5-7-13(6-2-8-15-13)16-12(10)9-11/h3-5,7,9H,2,6,8H2,1H3. The lowest BCUT2D eigenvalue weighted by Crippen LogP contribution is -2.34. The molecule has 3 nitrogen and oxygen atoms in total. The molecule has 0 radical (unpaired) electrons. The molecule has 0 bridgehead atoms. The molecule has 1 aromatic carbocycles. The van der Waals surface area contributed by atoms with Crippen molar-refractivity contribution in [2.24, 2.45) is 0 Å². The van der Waals surface area contributed by atoms with E-state index >= 15 is 0 Å². The quantitative estimate of drug-likeness (QED) is 0.725. The van der Waals surface area contributed by atoms with Crippen molar-refractivity contribution in [3.8, 4) is 11.5 Å². The lowest BCUT2D eigenvalue weighted by atomic mass is 10.1. The van der Waals surface area contributed by atoms with Gasteiger partial charge in [-0.25, -0.2) is 0 Å². The third-order valence-corrected chi connectivity index (χ3v) is 3.04. The zero-order valence-corrected chi connectivity index (χ0v) is 9.23. The number of fused-ring (bicyclic) bond motifs is 1. The lowest BCUT2D eigenvalue weighted by Gasteiger charge is -2.30. The third kappa shape index (κ3) is 1.48. The molecule has 1 fully saturated rings. The first-order chi connectivity index (χ1) is 7.81. The van der Waals surface area contributed by atoms with Gasteiger partial charge in [-0.15, -0.1) is 0 Å². The Balaban J connectivity index is 1.97. The minimum atomic E-state index is -0.528. The Morgan fingerprint density at radius 1 is 1.38 bits per heavy atom. The zero-order chi connectivity index (χ0) is 11.0. The number of methoxy groups -OCH3 is 1. The molecule has 84 valence electrons. The molecule has 16 heavy (non-hydrogen) atoms. The molecule has 0 N–H and O–H groups in total. The summed E-state index contributed by atoms with van der Waals surface area (Å²) in [5.41, 5.74) is 1.07. The molecule has 0 saturated carbocycles. The fourth-order valence-electron chi connectivity index (χ4n) is 2.15. The van der Waals surface area contributed by atoms with Gasteiger partial charge < -0.3 is 14.2 Å². The summed E-state index contributed by atoms with van der Waals surface area (Å²) in [7, 11) is 1.65. The van der Waals surface area contributed by atoms with Crippen molar-refractivity contribution in [3.05, 3.63) is 29.8 Å². The van der Waals surface area contributed by atoms with E-state index in [0.29, 0.717) is 0 Å². The summed E-state index contributed by atoms with van der Waals surface area (Å²) in [6, 6.07) is 5.83. The molecular weight excluding hydrogens is 204 g/mol. The van der Waals surface area contributed by atoms with Crippen molar-refractivity contribution < 1.29 is 14.2 Å². The minimum Gasteiger partial charge on any atom is -0.497 e. The highest BCUT2D eigenvalue weighted by Gasteiger charge is 2.37. The van der Waals surface area contributed by atoms with Crippen molar-refractivity contribution in [2.75, 3.05) is 13.7 Å². The van der Waals surface area contributed by atoms with E-state index in [1.807, 2.05) is 24.3 Å². The summed E-state index contributed by atoms with van der Waals surface area (Å²) in [5, 5.41) is 0. The van der Waals surface area contributed by atoms with Crippen LogP contribution >= 0.6 is 0 Å². The van der Waals surface area contributed by atoms with E-state index < -0.39 is 5.79 Å². The molecule has 1 spiro atoms. The van der Waals surface area contributed by atoms with E-state index in [0.717, 1.165) is 36.5 Å².